The SMILES string of the molecule is C=N/C(=C\C=C/C)CN(C)C(=O)N1CCC[C@H]1C1CCN(C)CC1. The second-order valence-corrected chi connectivity index (χ2v) is 7.02. The lowest BCUT2D eigenvalue weighted by Gasteiger charge is -2.38. The van der Waals surface area contributed by atoms with Gasteiger partial charge in [-0.15, -0.1) is 0 Å². The molecule has 24 heavy (non-hydrogen) atoms. The van der Waals surface area contributed by atoms with Gasteiger partial charge in [0.15, 0.2) is 0 Å². The summed E-state index contributed by atoms with van der Waals surface area (Å²) in [5.74, 6) is 0.650. The Morgan fingerprint density at radius 2 is 2.00 bits per heavy atom. The largest absolute Gasteiger partial charge is 0.322 e. The van der Waals surface area contributed by atoms with Gasteiger partial charge in [-0.3, -0.25) is 4.99 Å². The van der Waals surface area contributed by atoms with Crippen LogP contribution in [-0.4, -0.2) is 73.8 Å². The van der Waals surface area contributed by atoms with Gasteiger partial charge in [0.25, 0.3) is 0 Å². The molecular formula is C19H32N4O. The van der Waals surface area contributed by atoms with Gasteiger partial charge in [0.05, 0.1) is 12.2 Å². The van der Waals surface area contributed by atoms with Crippen molar-refractivity contribution in [1.29, 1.82) is 0 Å². The van der Waals surface area contributed by atoms with E-state index in [0.717, 1.165) is 38.2 Å². The maximum atomic E-state index is 12.9. The van der Waals surface area contributed by atoms with E-state index in [4.69, 9.17) is 0 Å². The summed E-state index contributed by atoms with van der Waals surface area (Å²) in [5, 5.41) is 0. The zero-order chi connectivity index (χ0) is 17.5. The standard InChI is InChI=1S/C19H32N4O/c1-5-6-8-17(20-2)15-22(4)19(24)23-12-7-9-18(23)16-10-13-21(3)14-11-16/h5-6,8,16,18H,2,7,9-15H2,1,3-4H3/b6-5-,17-8-/t18-/m0/s1. The Balaban J connectivity index is 1.97. The van der Waals surface area contributed by atoms with E-state index in [0.29, 0.717) is 18.5 Å². The molecular weight excluding hydrogens is 300 g/mol. The number of rotatable bonds is 5. The van der Waals surface area contributed by atoms with Gasteiger partial charge in [-0.05, 0) is 71.5 Å². The highest BCUT2D eigenvalue weighted by atomic mass is 16.2. The minimum atomic E-state index is 0.131. The molecule has 5 heteroatoms. The van der Waals surface area contributed by atoms with Gasteiger partial charge < -0.3 is 14.7 Å². The molecule has 0 spiro atoms. The first-order chi connectivity index (χ1) is 11.6. The van der Waals surface area contributed by atoms with Crippen LogP contribution < -0.4 is 0 Å². The average molecular weight is 332 g/mol. The first-order valence-electron chi connectivity index (χ1n) is 9.05. The van der Waals surface area contributed by atoms with Crippen molar-refractivity contribution in [1.82, 2.24) is 14.7 Å². The summed E-state index contributed by atoms with van der Waals surface area (Å²) >= 11 is 0. The number of urea groups is 1. The summed E-state index contributed by atoms with van der Waals surface area (Å²) in [6.07, 6.45) is 10.5. The van der Waals surface area contributed by atoms with Crippen LogP contribution in [0.3, 0.4) is 0 Å². The number of aliphatic imine (C=N–C) groups is 1. The normalized spacial score (nSPS) is 23.9. The fraction of sp³-hybridized carbons (Fsp3) is 0.684. The molecule has 0 aromatic carbocycles. The highest BCUT2D eigenvalue weighted by Gasteiger charge is 2.36. The fourth-order valence-corrected chi connectivity index (χ4v) is 3.83. The highest BCUT2D eigenvalue weighted by Crippen LogP contribution is 2.31. The van der Waals surface area contributed by atoms with E-state index < -0.39 is 0 Å². The van der Waals surface area contributed by atoms with Crippen molar-refractivity contribution in [2.24, 2.45) is 10.9 Å². The maximum absolute atomic E-state index is 12.9. The number of carbonyl (C=O) groups is 1. The zero-order valence-electron chi connectivity index (χ0n) is 15.4. The number of hydrogen-bond acceptors (Lipinski definition) is 3. The molecule has 0 aliphatic carbocycles. The van der Waals surface area contributed by atoms with Gasteiger partial charge in [0, 0.05) is 19.6 Å². The molecule has 2 aliphatic rings. The third kappa shape index (κ3) is 4.69. The molecule has 2 aliphatic heterocycles. The summed E-state index contributed by atoms with van der Waals surface area (Å²) in [6, 6.07) is 0.541. The summed E-state index contributed by atoms with van der Waals surface area (Å²) < 4.78 is 0. The van der Waals surface area contributed by atoms with E-state index in [9.17, 15) is 4.79 Å². The Morgan fingerprint density at radius 3 is 2.62 bits per heavy atom. The van der Waals surface area contributed by atoms with E-state index in [1.807, 2.05) is 32.2 Å². The minimum absolute atomic E-state index is 0.131. The number of hydrogen-bond donors (Lipinski definition) is 0. The molecule has 2 rings (SSSR count). The first-order valence-corrected chi connectivity index (χ1v) is 9.05. The second kappa shape index (κ2) is 9.02. The molecule has 0 N–H and O–H groups in total. The number of amides is 2. The molecule has 1 atom stereocenters. The lowest BCUT2D eigenvalue weighted by atomic mass is 9.88. The quantitative estimate of drug-likeness (QED) is 0.573. The number of likely N-dealkylation sites (N-methyl/N-ethyl adjacent to an activating group) is 1. The van der Waals surface area contributed by atoms with Crippen LogP contribution in [0.2, 0.25) is 0 Å². The maximum Gasteiger partial charge on any atom is 0.320 e. The van der Waals surface area contributed by atoms with Crippen molar-refractivity contribution in [3.05, 3.63) is 23.9 Å². The molecule has 5 nitrogen and oxygen atoms in total. The molecule has 2 amide bonds. The van der Waals surface area contributed by atoms with Crippen molar-refractivity contribution >= 4 is 12.7 Å². The summed E-state index contributed by atoms with van der Waals surface area (Å²) in [4.78, 5) is 23.2. The van der Waals surface area contributed by atoms with Gasteiger partial charge in [-0.2, -0.15) is 0 Å². The van der Waals surface area contributed by atoms with Crippen molar-refractivity contribution in [3.8, 4) is 0 Å². The molecule has 2 saturated heterocycles. The number of nitrogens with zero attached hydrogens (tertiary/aromatic N) is 4. The van der Waals surface area contributed by atoms with Gasteiger partial charge in [0.1, 0.15) is 0 Å². The van der Waals surface area contributed by atoms with Gasteiger partial charge in [0.2, 0.25) is 0 Å². The van der Waals surface area contributed by atoms with Crippen LogP contribution in [0.1, 0.15) is 32.6 Å². The number of piperidine rings is 1. The minimum Gasteiger partial charge on any atom is -0.322 e. The smallest absolute Gasteiger partial charge is 0.320 e. The number of allylic oxidation sites excluding steroid dienone is 3. The van der Waals surface area contributed by atoms with Crippen LogP contribution in [0.25, 0.3) is 0 Å². The Bertz CT molecular complexity index is 492. The third-order valence-electron chi connectivity index (χ3n) is 5.26. The highest BCUT2D eigenvalue weighted by molar-refractivity contribution is 5.75. The van der Waals surface area contributed by atoms with Crippen LogP contribution in [0, 0.1) is 5.92 Å². The Labute approximate surface area is 146 Å². The van der Waals surface area contributed by atoms with E-state index >= 15 is 0 Å². The van der Waals surface area contributed by atoms with Crippen LogP contribution in [0.4, 0.5) is 4.79 Å². The third-order valence-corrected chi connectivity index (χ3v) is 5.26. The fourth-order valence-electron chi connectivity index (χ4n) is 3.83. The van der Waals surface area contributed by atoms with E-state index in [1.54, 1.807) is 4.90 Å². The number of carbonyl (C=O) groups excluding carboxylic acids is 1. The summed E-state index contributed by atoms with van der Waals surface area (Å²) in [7, 11) is 4.05. The van der Waals surface area contributed by atoms with Crippen molar-refractivity contribution in [3.63, 3.8) is 0 Å². The van der Waals surface area contributed by atoms with Crippen LogP contribution >= 0.6 is 0 Å². The van der Waals surface area contributed by atoms with Crippen molar-refractivity contribution in [2.45, 2.75) is 38.6 Å². The van der Waals surface area contributed by atoms with Crippen LogP contribution in [-0.2, 0) is 0 Å². The van der Waals surface area contributed by atoms with Crippen LogP contribution in [0.5, 0.6) is 0 Å². The number of likely N-dealkylation sites (tertiary alicyclic amines) is 2. The Hall–Kier alpha value is -1.62. The molecule has 134 valence electrons. The van der Waals surface area contributed by atoms with Crippen molar-refractivity contribution < 1.29 is 4.79 Å². The lowest BCUT2D eigenvalue weighted by molar-refractivity contribution is 0.116. The summed E-state index contributed by atoms with van der Waals surface area (Å²) in [5.41, 5.74) is 0.819. The van der Waals surface area contributed by atoms with Crippen LogP contribution in [0.15, 0.2) is 28.9 Å². The topological polar surface area (TPSA) is 39.2 Å². The Morgan fingerprint density at radius 1 is 1.29 bits per heavy atom. The van der Waals surface area contributed by atoms with E-state index in [1.165, 1.54) is 12.8 Å². The van der Waals surface area contributed by atoms with Gasteiger partial charge >= 0.3 is 6.03 Å². The molecule has 2 fully saturated rings. The Kier molecular flexibility index (Phi) is 7.03. The lowest BCUT2D eigenvalue weighted by Crippen LogP contribution is -2.48. The molecule has 2 heterocycles. The second-order valence-electron chi connectivity index (χ2n) is 7.02. The molecule has 0 saturated carbocycles. The predicted octanol–water partition coefficient (Wildman–Crippen LogP) is 3.01. The predicted molar refractivity (Wildman–Crippen MR) is 100 cm³/mol. The summed E-state index contributed by atoms with van der Waals surface area (Å²) in [6.45, 7) is 9.26. The molecule has 0 unspecified atom stereocenters. The average Bonchev–Trinajstić information content (AvgIpc) is 3.07. The zero-order valence-corrected chi connectivity index (χ0v) is 15.4. The van der Waals surface area contributed by atoms with E-state index in [-0.39, 0.29) is 6.03 Å². The molecule has 0 aromatic heterocycles. The molecule has 0 bridgehead atoms. The van der Waals surface area contributed by atoms with E-state index in [2.05, 4.69) is 28.6 Å². The van der Waals surface area contributed by atoms with Crippen molar-refractivity contribution in [2.75, 3.05) is 40.3 Å². The molecule has 0 aromatic rings. The molecule has 0 radical (unpaired) electrons. The van der Waals surface area contributed by atoms with Gasteiger partial charge in [-0.1, -0.05) is 12.2 Å². The first kappa shape index (κ1) is 18.7. The van der Waals surface area contributed by atoms with Gasteiger partial charge in [-0.25, -0.2) is 4.79 Å². The monoisotopic (exact) mass is 332 g/mol.